The highest BCUT2D eigenvalue weighted by Crippen LogP contribution is 2.32. The lowest BCUT2D eigenvalue weighted by Gasteiger charge is -2.14. The Hall–Kier alpha value is -1.81. The van der Waals surface area contributed by atoms with Crippen molar-refractivity contribution >= 4 is 16.9 Å². The summed E-state index contributed by atoms with van der Waals surface area (Å²) in [5, 5.41) is 10.3. The van der Waals surface area contributed by atoms with E-state index in [-0.39, 0.29) is 18.4 Å². The van der Waals surface area contributed by atoms with E-state index in [1.54, 1.807) is 4.90 Å². The Morgan fingerprint density at radius 3 is 2.67 bits per heavy atom. The molecule has 2 aromatic rings. The molecule has 0 bridgehead atoms. The number of rotatable bonds is 2. The molecule has 1 amide bonds. The number of carbonyl (C=O) groups excluding carboxylic acids is 1. The number of likely N-dealkylation sites (tertiary alicyclic amines) is 1. The summed E-state index contributed by atoms with van der Waals surface area (Å²) in [6.45, 7) is 7.43. The van der Waals surface area contributed by atoms with Gasteiger partial charge < -0.3 is 14.4 Å². The number of benzene rings is 1. The van der Waals surface area contributed by atoms with Crippen LogP contribution in [0.1, 0.15) is 33.7 Å². The second-order valence-corrected chi connectivity index (χ2v) is 6.05. The fourth-order valence-electron chi connectivity index (χ4n) is 3.19. The third-order valence-electron chi connectivity index (χ3n) is 4.51. The summed E-state index contributed by atoms with van der Waals surface area (Å²) in [5.41, 5.74) is 3.91. The third kappa shape index (κ3) is 2.23. The van der Waals surface area contributed by atoms with Crippen LogP contribution >= 0.6 is 0 Å². The van der Waals surface area contributed by atoms with Crippen LogP contribution in [-0.2, 0) is 0 Å². The normalized spacial score (nSPS) is 18.7. The van der Waals surface area contributed by atoms with Gasteiger partial charge in [-0.05, 0) is 38.3 Å². The van der Waals surface area contributed by atoms with Crippen LogP contribution in [0.15, 0.2) is 16.5 Å². The first-order valence-electron chi connectivity index (χ1n) is 7.42. The van der Waals surface area contributed by atoms with Crippen molar-refractivity contribution < 1.29 is 14.3 Å². The van der Waals surface area contributed by atoms with Crippen molar-refractivity contribution in [2.45, 2.75) is 27.2 Å². The van der Waals surface area contributed by atoms with E-state index in [0.29, 0.717) is 18.8 Å². The molecule has 0 saturated carbocycles. The molecule has 2 heterocycles. The summed E-state index contributed by atoms with van der Waals surface area (Å²) in [6, 6.07) is 4.08. The minimum absolute atomic E-state index is 0.0570. The van der Waals surface area contributed by atoms with Crippen LogP contribution in [0.5, 0.6) is 0 Å². The maximum atomic E-state index is 12.7. The van der Waals surface area contributed by atoms with Gasteiger partial charge in [0.15, 0.2) is 5.76 Å². The Balaban J connectivity index is 2.01. The molecular weight excluding hydrogens is 266 g/mol. The van der Waals surface area contributed by atoms with Crippen LogP contribution in [0.3, 0.4) is 0 Å². The second kappa shape index (κ2) is 5.19. The van der Waals surface area contributed by atoms with E-state index >= 15 is 0 Å². The summed E-state index contributed by atoms with van der Waals surface area (Å²) in [4.78, 5) is 14.5. The summed E-state index contributed by atoms with van der Waals surface area (Å²) in [6.07, 6.45) is 0.861. The van der Waals surface area contributed by atoms with Gasteiger partial charge in [-0.15, -0.1) is 0 Å². The summed E-state index contributed by atoms with van der Waals surface area (Å²) in [5.74, 6) is 0.585. The van der Waals surface area contributed by atoms with Gasteiger partial charge in [0.2, 0.25) is 0 Å². The van der Waals surface area contributed by atoms with Crippen LogP contribution in [0.4, 0.5) is 0 Å². The molecular formula is C17H21NO3. The van der Waals surface area contributed by atoms with E-state index in [1.807, 2.05) is 26.8 Å². The van der Waals surface area contributed by atoms with E-state index in [4.69, 9.17) is 4.42 Å². The Labute approximate surface area is 124 Å². The van der Waals surface area contributed by atoms with Crippen molar-refractivity contribution in [1.29, 1.82) is 0 Å². The number of carbonyl (C=O) groups is 1. The lowest BCUT2D eigenvalue weighted by molar-refractivity contribution is 0.0751. The van der Waals surface area contributed by atoms with Gasteiger partial charge in [-0.25, -0.2) is 0 Å². The van der Waals surface area contributed by atoms with Gasteiger partial charge in [0.25, 0.3) is 5.91 Å². The topological polar surface area (TPSA) is 53.7 Å². The molecule has 1 fully saturated rings. The molecule has 1 aromatic heterocycles. The summed E-state index contributed by atoms with van der Waals surface area (Å²) < 4.78 is 5.90. The van der Waals surface area contributed by atoms with Crippen LogP contribution in [0.25, 0.3) is 11.0 Å². The molecule has 1 aliphatic rings. The molecule has 1 unspecified atom stereocenters. The standard InChI is InChI=1S/C17H21NO3/c1-10-4-5-11(2)15-14(10)12(3)16(21-15)17(20)18-7-6-13(8-18)9-19/h4-5,13,19H,6-9H2,1-3H3. The molecule has 1 aromatic carbocycles. The quantitative estimate of drug-likeness (QED) is 0.924. The second-order valence-electron chi connectivity index (χ2n) is 6.05. The number of aliphatic hydroxyl groups excluding tert-OH is 1. The van der Waals surface area contributed by atoms with Gasteiger partial charge in [-0.2, -0.15) is 0 Å². The minimum Gasteiger partial charge on any atom is -0.450 e. The molecule has 1 N–H and O–H groups in total. The average molecular weight is 287 g/mol. The number of aryl methyl sites for hydroxylation is 3. The van der Waals surface area contributed by atoms with Crippen LogP contribution < -0.4 is 0 Å². The van der Waals surface area contributed by atoms with E-state index in [1.165, 1.54) is 0 Å². The fraction of sp³-hybridized carbons (Fsp3) is 0.471. The number of fused-ring (bicyclic) bond motifs is 1. The highest BCUT2D eigenvalue weighted by atomic mass is 16.3. The zero-order chi connectivity index (χ0) is 15.1. The van der Waals surface area contributed by atoms with Gasteiger partial charge in [0.1, 0.15) is 5.58 Å². The lowest BCUT2D eigenvalue weighted by Crippen LogP contribution is -2.29. The molecule has 3 rings (SSSR count). The van der Waals surface area contributed by atoms with Crippen LogP contribution in [-0.4, -0.2) is 35.6 Å². The van der Waals surface area contributed by atoms with Crippen molar-refractivity contribution in [3.63, 3.8) is 0 Å². The van der Waals surface area contributed by atoms with Crippen LogP contribution in [0.2, 0.25) is 0 Å². The number of hydrogen-bond acceptors (Lipinski definition) is 3. The van der Waals surface area contributed by atoms with E-state index in [9.17, 15) is 9.90 Å². The van der Waals surface area contributed by atoms with E-state index < -0.39 is 0 Å². The summed E-state index contributed by atoms with van der Waals surface area (Å²) in [7, 11) is 0. The highest BCUT2D eigenvalue weighted by Gasteiger charge is 2.30. The first kappa shape index (κ1) is 14.1. The average Bonchev–Trinajstić information content (AvgIpc) is 3.07. The number of nitrogens with zero attached hydrogens (tertiary/aromatic N) is 1. The molecule has 0 radical (unpaired) electrons. The largest absolute Gasteiger partial charge is 0.450 e. The maximum absolute atomic E-state index is 12.7. The minimum atomic E-state index is -0.0570. The first-order valence-corrected chi connectivity index (χ1v) is 7.42. The Morgan fingerprint density at radius 2 is 2.05 bits per heavy atom. The fourth-order valence-corrected chi connectivity index (χ4v) is 3.19. The van der Waals surface area contributed by atoms with Gasteiger partial charge in [0.05, 0.1) is 0 Å². The monoisotopic (exact) mass is 287 g/mol. The number of amides is 1. The SMILES string of the molecule is Cc1ccc(C)c2c(C)c(C(=O)N3CCC(CO)C3)oc12. The Bertz CT molecular complexity index is 702. The molecule has 4 heteroatoms. The van der Waals surface area contributed by atoms with Gasteiger partial charge in [0, 0.05) is 36.6 Å². The smallest absolute Gasteiger partial charge is 0.289 e. The molecule has 1 atom stereocenters. The van der Waals surface area contributed by atoms with Gasteiger partial charge >= 0.3 is 0 Å². The lowest BCUT2D eigenvalue weighted by atomic mass is 10.0. The van der Waals surface area contributed by atoms with Crippen molar-refractivity contribution in [2.24, 2.45) is 5.92 Å². The molecule has 0 aliphatic carbocycles. The van der Waals surface area contributed by atoms with E-state index in [0.717, 1.165) is 34.1 Å². The predicted molar refractivity (Wildman–Crippen MR) is 81.5 cm³/mol. The van der Waals surface area contributed by atoms with E-state index in [2.05, 4.69) is 6.07 Å². The predicted octanol–water partition coefficient (Wildman–Crippen LogP) is 2.81. The number of furan rings is 1. The third-order valence-corrected chi connectivity index (χ3v) is 4.51. The highest BCUT2D eigenvalue weighted by molar-refractivity contribution is 6.00. The Morgan fingerprint density at radius 1 is 1.33 bits per heavy atom. The van der Waals surface area contributed by atoms with Crippen molar-refractivity contribution in [2.75, 3.05) is 19.7 Å². The molecule has 1 saturated heterocycles. The van der Waals surface area contributed by atoms with Crippen molar-refractivity contribution in [1.82, 2.24) is 4.90 Å². The summed E-state index contributed by atoms with van der Waals surface area (Å²) >= 11 is 0. The van der Waals surface area contributed by atoms with Crippen molar-refractivity contribution in [3.05, 3.63) is 34.6 Å². The maximum Gasteiger partial charge on any atom is 0.289 e. The molecule has 4 nitrogen and oxygen atoms in total. The van der Waals surface area contributed by atoms with Crippen LogP contribution in [0, 0.1) is 26.7 Å². The molecule has 1 aliphatic heterocycles. The number of hydrogen-bond donors (Lipinski definition) is 1. The number of aliphatic hydroxyl groups is 1. The molecule has 112 valence electrons. The zero-order valence-corrected chi connectivity index (χ0v) is 12.8. The van der Waals surface area contributed by atoms with Gasteiger partial charge in [-0.1, -0.05) is 12.1 Å². The molecule has 21 heavy (non-hydrogen) atoms. The Kier molecular flexibility index (Phi) is 3.49. The van der Waals surface area contributed by atoms with Gasteiger partial charge in [-0.3, -0.25) is 4.79 Å². The zero-order valence-electron chi connectivity index (χ0n) is 12.8. The molecule has 0 spiro atoms. The first-order chi connectivity index (χ1) is 10.0. The van der Waals surface area contributed by atoms with Crippen molar-refractivity contribution in [3.8, 4) is 0 Å².